The Labute approximate surface area is 146 Å². The maximum atomic E-state index is 13.2. The topological polar surface area (TPSA) is 96.7 Å². The molecular weight excluding hydrogens is 341 g/mol. The monoisotopic (exact) mass is 355 g/mol. The molecule has 0 bridgehead atoms. The fraction of sp³-hybridized carbons (Fsp3) is 0.0556. The van der Waals surface area contributed by atoms with Crippen LogP contribution in [-0.2, 0) is 0 Å². The molecule has 0 unspecified atom stereocenters. The third-order valence-electron chi connectivity index (χ3n) is 3.58. The molecule has 132 valence electrons. The van der Waals surface area contributed by atoms with Gasteiger partial charge >= 0.3 is 5.69 Å². The molecule has 3 aromatic rings. The van der Waals surface area contributed by atoms with E-state index in [4.69, 9.17) is 4.74 Å². The number of aromatic nitrogens is 2. The number of aromatic hydroxyl groups is 1. The summed E-state index contributed by atoms with van der Waals surface area (Å²) in [6.07, 6.45) is 1.07. The van der Waals surface area contributed by atoms with E-state index >= 15 is 0 Å². The molecule has 0 fully saturated rings. The zero-order valence-electron chi connectivity index (χ0n) is 13.6. The van der Waals surface area contributed by atoms with Gasteiger partial charge in [0.1, 0.15) is 17.1 Å². The van der Waals surface area contributed by atoms with Crippen LogP contribution < -0.4 is 16.0 Å². The van der Waals surface area contributed by atoms with Crippen molar-refractivity contribution in [3.63, 3.8) is 0 Å². The van der Waals surface area contributed by atoms with Crippen LogP contribution in [-0.4, -0.2) is 28.0 Å². The van der Waals surface area contributed by atoms with Crippen LogP contribution in [0, 0.1) is 5.82 Å². The average Bonchev–Trinajstić information content (AvgIpc) is 2.61. The van der Waals surface area contributed by atoms with Gasteiger partial charge in [0.05, 0.1) is 18.5 Å². The molecule has 0 spiro atoms. The molecule has 2 aromatic carbocycles. The largest absolute Gasteiger partial charge is 0.497 e. The molecule has 2 N–H and O–H groups in total. The summed E-state index contributed by atoms with van der Waals surface area (Å²) in [4.78, 5) is 30.3. The zero-order valence-corrected chi connectivity index (χ0v) is 13.6. The first kappa shape index (κ1) is 17.2. The third kappa shape index (κ3) is 3.39. The van der Waals surface area contributed by atoms with Gasteiger partial charge in [-0.1, -0.05) is 12.1 Å². The lowest BCUT2D eigenvalue weighted by Gasteiger charge is -2.10. The number of methoxy groups -OCH3 is 1. The second-order valence-electron chi connectivity index (χ2n) is 5.27. The molecule has 26 heavy (non-hydrogen) atoms. The van der Waals surface area contributed by atoms with Gasteiger partial charge in [-0.05, 0) is 30.3 Å². The number of aliphatic imine (C=N–C) groups is 1. The first-order valence-corrected chi connectivity index (χ1v) is 7.52. The van der Waals surface area contributed by atoms with Gasteiger partial charge in [-0.3, -0.25) is 14.8 Å². The summed E-state index contributed by atoms with van der Waals surface area (Å²) >= 11 is 0. The van der Waals surface area contributed by atoms with E-state index < -0.39 is 22.9 Å². The molecule has 0 radical (unpaired) electrons. The zero-order chi connectivity index (χ0) is 18.7. The van der Waals surface area contributed by atoms with Crippen molar-refractivity contribution in [2.45, 2.75) is 0 Å². The highest BCUT2D eigenvalue weighted by atomic mass is 19.1. The van der Waals surface area contributed by atoms with Crippen molar-refractivity contribution in [2.75, 3.05) is 7.11 Å². The van der Waals surface area contributed by atoms with E-state index in [1.54, 1.807) is 18.2 Å². The highest BCUT2D eigenvalue weighted by Crippen LogP contribution is 2.20. The summed E-state index contributed by atoms with van der Waals surface area (Å²) in [6.45, 7) is 0. The SMILES string of the molecule is COc1cccc(-n2c(O)c(C=Nc3cccc(F)c3)c(=O)[nH]c2=O)c1. The third-order valence-corrected chi connectivity index (χ3v) is 3.58. The van der Waals surface area contributed by atoms with Crippen LogP contribution in [0.4, 0.5) is 10.1 Å². The second kappa shape index (κ2) is 7.06. The quantitative estimate of drug-likeness (QED) is 0.701. The van der Waals surface area contributed by atoms with Crippen molar-refractivity contribution in [2.24, 2.45) is 4.99 Å². The summed E-state index contributed by atoms with van der Waals surface area (Å²) in [5.41, 5.74) is -1.32. The summed E-state index contributed by atoms with van der Waals surface area (Å²) in [5, 5.41) is 10.4. The van der Waals surface area contributed by atoms with Crippen molar-refractivity contribution in [1.82, 2.24) is 9.55 Å². The molecule has 0 aliphatic heterocycles. The lowest BCUT2D eigenvalue weighted by molar-refractivity contribution is 0.412. The van der Waals surface area contributed by atoms with Crippen LogP contribution in [0.1, 0.15) is 5.56 Å². The van der Waals surface area contributed by atoms with E-state index in [-0.39, 0.29) is 11.3 Å². The molecule has 0 saturated heterocycles. The first-order chi connectivity index (χ1) is 12.5. The Balaban J connectivity index is 2.12. The minimum absolute atomic E-state index is 0.239. The van der Waals surface area contributed by atoms with Crippen molar-refractivity contribution in [3.05, 3.63) is 80.7 Å². The Kier molecular flexibility index (Phi) is 4.66. The normalized spacial score (nSPS) is 11.0. The van der Waals surface area contributed by atoms with E-state index in [0.29, 0.717) is 11.4 Å². The Morgan fingerprint density at radius 2 is 1.96 bits per heavy atom. The van der Waals surface area contributed by atoms with E-state index in [1.165, 1.54) is 37.4 Å². The van der Waals surface area contributed by atoms with E-state index in [9.17, 15) is 19.1 Å². The Hall–Kier alpha value is -3.68. The Morgan fingerprint density at radius 1 is 1.19 bits per heavy atom. The number of H-pyrrole nitrogens is 1. The van der Waals surface area contributed by atoms with Gasteiger partial charge < -0.3 is 9.84 Å². The highest BCUT2D eigenvalue weighted by molar-refractivity contribution is 5.84. The van der Waals surface area contributed by atoms with Gasteiger partial charge in [0.25, 0.3) is 5.56 Å². The lowest BCUT2D eigenvalue weighted by atomic mass is 10.2. The van der Waals surface area contributed by atoms with Gasteiger partial charge in [0, 0.05) is 12.3 Å². The fourth-order valence-corrected chi connectivity index (χ4v) is 2.34. The molecule has 1 aromatic heterocycles. The maximum Gasteiger partial charge on any atom is 0.335 e. The highest BCUT2D eigenvalue weighted by Gasteiger charge is 2.14. The number of hydrogen-bond donors (Lipinski definition) is 2. The van der Waals surface area contributed by atoms with E-state index in [1.807, 2.05) is 0 Å². The first-order valence-electron chi connectivity index (χ1n) is 7.52. The van der Waals surface area contributed by atoms with E-state index in [0.717, 1.165) is 10.8 Å². The molecule has 0 atom stereocenters. The summed E-state index contributed by atoms with van der Waals surface area (Å²) in [5.74, 6) is -0.610. The predicted molar refractivity (Wildman–Crippen MR) is 94.5 cm³/mol. The molecule has 0 aliphatic rings. The standard InChI is InChI=1S/C18H14FN3O4/c1-26-14-7-3-6-13(9-14)22-17(24)15(16(23)21-18(22)25)10-20-12-5-2-4-11(19)8-12/h2-10,24H,1H3,(H,21,23,25). The predicted octanol–water partition coefficient (Wildman–Crippen LogP) is 2.13. The summed E-state index contributed by atoms with van der Waals surface area (Å²) < 4.78 is 19.2. The molecule has 8 heteroatoms. The minimum Gasteiger partial charge on any atom is -0.497 e. The molecule has 1 heterocycles. The number of hydrogen-bond acceptors (Lipinski definition) is 5. The van der Waals surface area contributed by atoms with Gasteiger partial charge in [-0.2, -0.15) is 0 Å². The molecule has 0 amide bonds. The number of rotatable bonds is 4. The van der Waals surface area contributed by atoms with Crippen LogP contribution >= 0.6 is 0 Å². The van der Waals surface area contributed by atoms with Crippen molar-refractivity contribution < 1.29 is 14.2 Å². The van der Waals surface area contributed by atoms with Gasteiger partial charge in [-0.15, -0.1) is 0 Å². The Bertz CT molecular complexity index is 1100. The number of nitrogens with zero attached hydrogens (tertiary/aromatic N) is 2. The van der Waals surface area contributed by atoms with Crippen LogP contribution in [0.5, 0.6) is 11.6 Å². The molecule has 3 rings (SSSR count). The van der Waals surface area contributed by atoms with Crippen LogP contribution in [0.2, 0.25) is 0 Å². The second-order valence-corrected chi connectivity index (χ2v) is 5.27. The molecule has 7 nitrogen and oxygen atoms in total. The number of halogens is 1. The number of aromatic amines is 1. The van der Waals surface area contributed by atoms with E-state index in [2.05, 4.69) is 9.98 Å². The number of ether oxygens (including phenoxy) is 1. The maximum absolute atomic E-state index is 13.2. The smallest absolute Gasteiger partial charge is 0.335 e. The number of nitrogens with one attached hydrogen (secondary N) is 1. The van der Waals surface area contributed by atoms with Gasteiger partial charge in [0.15, 0.2) is 0 Å². The lowest BCUT2D eigenvalue weighted by Crippen LogP contribution is -2.31. The summed E-state index contributed by atoms with van der Waals surface area (Å²) in [7, 11) is 1.46. The van der Waals surface area contributed by atoms with Crippen LogP contribution in [0.25, 0.3) is 5.69 Å². The average molecular weight is 355 g/mol. The van der Waals surface area contributed by atoms with Crippen molar-refractivity contribution in [3.8, 4) is 17.3 Å². The van der Waals surface area contributed by atoms with Crippen LogP contribution in [0.15, 0.2) is 63.1 Å². The fourth-order valence-electron chi connectivity index (χ4n) is 2.34. The van der Waals surface area contributed by atoms with Gasteiger partial charge in [-0.25, -0.2) is 13.8 Å². The molecule has 0 aliphatic carbocycles. The summed E-state index contributed by atoms with van der Waals surface area (Å²) in [6, 6.07) is 11.8. The Morgan fingerprint density at radius 3 is 2.69 bits per heavy atom. The van der Waals surface area contributed by atoms with Crippen molar-refractivity contribution in [1.29, 1.82) is 0 Å². The minimum atomic E-state index is -0.816. The van der Waals surface area contributed by atoms with Crippen LogP contribution in [0.3, 0.4) is 0 Å². The number of benzene rings is 2. The molecule has 0 saturated carbocycles. The van der Waals surface area contributed by atoms with Gasteiger partial charge in [0.2, 0.25) is 5.88 Å². The van der Waals surface area contributed by atoms with Crippen molar-refractivity contribution >= 4 is 11.9 Å². The molecular formula is C18H14FN3O4.